The lowest BCUT2D eigenvalue weighted by atomic mass is 10.1. The Balaban J connectivity index is 2.45. The number of benzene rings is 1. The first-order chi connectivity index (χ1) is 7.99. The van der Waals surface area contributed by atoms with Crippen LogP contribution in [0.15, 0.2) is 24.3 Å². The van der Waals surface area contributed by atoms with Gasteiger partial charge in [0.25, 0.3) is 5.91 Å². The predicted molar refractivity (Wildman–Crippen MR) is 67.8 cm³/mol. The van der Waals surface area contributed by atoms with Crippen LogP contribution in [0.3, 0.4) is 0 Å². The van der Waals surface area contributed by atoms with Crippen molar-refractivity contribution < 1.29 is 9.18 Å². The maximum absolute atomic E-state index is 12.9. The fourth-order valence-electron chi connectivity index (χ4n) is 1.53. The summed E-state index contributed by atoms with van der Waals surface area (Å²) >= 11 is 6.05. The normalized spacial score (nSPS) is 12.5. The van der Waals surface area contributed by atoms with E-state index in [1.807, 2.05) is 0 Å². The monoisotopic (exact) mass is 257 g/mol. The lowest BCUT2D eigenvalue weighted by Gasteiger charge is -2.12. The molecule has 0 aliphatic carbocycles. The zero-order chi connectivity index (χ0) is 12.8. The topological polar surface area (TPSA) is 29.1 Å². The highest BCUT2D eigenvalue weighted by Crippen LogP contribution is 2.10. The van der Waals surface area contributed by atoms with E-state index in [0.29, 0.717) is 18.0 Å². The van der Waals surface area contributed by atoms with Crippen LogP contribution in [0.25, 0.3) is 0 Å². The van der Waals surface area contributed by atoms with E-state index in [1.54, 1.807) is 6.07 Å². The molecular weight excluding hydrogens is 241 g/mol. The minimum Gasteiger partial charge on any atom is -0.351 e. The summed E-state index contributed by atoms with van der Waals surface area (Å²) in [5, 5.41) is 2.60. The van der Waals surface area contributed by atoms with Gasteiger partial charge in [-0.15, -0.1) is 11.6 Å². The Morgan fingerprint density at radius 1 is 1.47 bits per heavy atom. The maximum Gasteiger partial charge on any atom is 0.251 e. The van der Waals surface area contributed by atoms with Gasteiger partial charge in [-0.1, -0.05) is 19.9 Å². The molecule has 94 valence electrons. The number of hydrogen-bond acceptors (Lipinski definition) is 1. The largest absolute Gasteiger partial charge is 0.351 e. The summed E-state index contributed by atoms with van der Waals surface area (Å²) in [5.41, 5.74) is 0.318. The molecule has 2 nitrogen and oxygen atoms in total. The van der Waals surface area contributed by atoms with Gasteiger partial charge in [0.2, 0.25) is 0 Å². The SMILES string of the molecule is CC(C)CC(Cl)CNC(=O)c1cccc(F)c1. The van der Waals surface area contributed by atoms with Crippen molar-refractivity contribution in [1.29, 1.82) is 0 Å². The fourth-order valence-corrected chi connectivity index (χ4v) is 1.96. The van der Waals surface area contributed by atoms with Gasteiger partial charge in [0, 0.05) is 12.1 Å². The molecule has 0 heterocycles. The number of carbonyl (C=O) groups is 1. The van der Waals surface area contributed by atoms with Crippen molar-refractivity contribution in [1.82, 2.24) is 5.32 Å². The van der Waals surface area contributed by atoms with Gasteiger partial charge in [-0.3, -0.25) is 4.79 Å². The van der Waals surface area contributed by atoms with Crippen LogP contribution in [0.2, 0.25) is 0 Å². The van der Waals surface area contributed by atoms with Crippen molar-refractivity contribution in [2.24, 2.45) is 5.92 Å². The highest BCUT2D eigenvalue weighted by molar-refractivity contribution is 6.20. The minimum absolute atomic E-state index is 0.0903. The molecule has 0 aliphatic heterocycles. The molecule has 1 aromatic carbocycles. The lowest BCUT2D eigenvalue weighted by molar-refractivity contribution is 0.0952. The van der Waals surface area contributed by atoms with Crippen LogP contribution in [-0.2, 0) is 0 Å². The number of hydrogen-bond donors (Lipinski definition) is 1. The average molecular weight is 258 g/mol. The minimum atomic E-state index is -0.415. The summed E-state index contributed by atoms with van der Waals surface area (Å²) in [6.07, 6.45) is 0.838. The van der Waals surface area contributed by atoms with Crippen molar-refractivity contribution in [3.63, 3.8) is 0 Å². The van der Waals surface area contributed by atoms with Gasteiger partial charge >= 0.3 is 0 Å². The predicted octanol–water partition coefficient (Wildman–Crippen LogP) is 3.21. The summed E-state index contributed by atoms with van der Waals surface area (Å²) in [4.78, 5) is 11.7. The number of nitrogens with one attached hydrogen (secondary N) is 1. The van der Waals surface area contributed by atoms with Gasteiger partial charge in [0.15, 0.2) is 0 Å². The highest BCUT2D eigenvalue weighted by atomic mass is 35.5. The first kappa shape index (κ1) is 14.0. The van der Waals surface area contributed by atoms with Crippen LogP contribution in [0.4, 0.5) is 4.39 Å². The van der Waals surface area contributed by atoms with Crippen LogP contribution >= 0.6 is 11.6 Å². The number of halogens is 2. The molecular formula is C13H17ClFNO. The fraction of sp³-hybridized carbons (Fsp3) is 0.462. The third kappa shape index (κ3) is 5.18. The molecule has 1 N–H and O–H groups in total. The third-order valence-corrected chi connectivity index (χ3v) is 2.63. The molecule has 1 aromatic rings. The Kier molecular flexibility index (Phi) is 5.42. The number of alkyl halides is 1. The zero-order valence-corrected chi connectivity index (χ0v) is 10.8. The van der Waals surface area contributed by atoms with E-state index >= 15 is 0 Å². The Morgan fingerprint density at radius 2 is 2.18 bits per heavy atom. The second-order valence-electron chi connectivity index (χ2n) is 4.45. The standard InChI is InChI=1S/C13H17ClFNO/c1-9(2)6-11(14)8-16-13(17)10-4-3-5-12(15)7-10/h3-5,7,9,11H,6,8H2,1-2H3,(H,16,17). The molecule has 0 aromatic heterocycles. The lowest BCUT2D eigenvalue weighted by Crippen LogP contribution is -2.30. The maximum atomic E-state index is 12.9. The second-order valence-corrected chi connectivity index (χ2v) is 5.06. The van der Waals surface area contributed by atoms with Gasteiger partial charge in [0.1, 0.15) is 5.82 Å². The molecule has 0 saturated heterocycles. The number of carbonyl (C=O) groups excluding carboxylic acids is 1. The van der Waals surface area contributed by atoms with E-state index in [2.05, 4.69) is 19.2 Å². The van der Waals surface area contributed by atoms with E-state index in [0.717, 1.165) is 6.42 Å². The Hall–Kier alpha value is -1.09. The van der Waals surface area contributed by atoms with E-state index in [1.165, 1.54) is 18.2 Å². The van der Waals surface area contributed by atoms with Crippen LogP contribution in [0.1, 0.15) is 30.6 Å². The smallest absolute Gasteiger partial charge is 0.251 e. The number of amides is 1. The average Bonchev–Trinajstić information content (AvgIpc) is 2.25. The molecule has 17 heavy (non-hydrogen) atoms. The summed E-state index contributed by atoms with van der Waals surface area (Å²) in [5.74, 6) is -0.218. The van der Waals surface area contributed by atoms with Crippen LogP contribution in [0, 0.1) is 11.7 Å². The number of rotatable bonds is 5. The van der Waals surface area contributed by atoms with Crippen molar-refractivity contribution in [2.45, 2.75) is 25.6 Å². The molecule has 1 amide bonds. The first-order valence-electron chi connectivity index (χ1n) is 5.67. The van der Waals surface area contributed by atoms with E-state index < -0.39 is 5.82 Å². The van der Waals surface area contributed by atoms with Gasteiger partial charge in [-0.2, -0.15) is 0 Å². The second kappa shape index (κ2) is 6.60. The van der Waals surface area contributed by atoms with Crippen molar-refractivity contribution in [3.05, 3.63) is 35.6 Å². The van der Waals surface area contributed by atoms with Crippen LogP contribution in [0.5, 0.6) is 0 Å². The Labute approximate surface area is 106 Å². The van der Waals surface area contributed by atoms with E-state index in [-0.39, 0.29) is 11.3 Å². The quantitative estimate of drug-likeness (QED) is 0.807. The Bertz CT molecular complexity index is 381. The molecule has 0 saturated carbocycles. The summed E-state index contributed by atoms with van der Waals surface area (Å²) in [6, 6.07) is 5.60. The van der Waals surface area contributed by atoms with Gasteiger partial charge in [-0.25, -0.2) is 4.39 Å². The molecule has 0 aliphatic rings. The van der Waals surface area contributed by atoms with Gasteiger partial charge in [-0.05, 0) is 30.5 Å². The molecule has 0 spiro atoms. The van der Waals surface area contributed by atoms with E-state index in [4.69, 9.17) is 11.6 Å². The Morgan fingerprint density at radius 3 is 2.76 bits per heavy atom. The summed E-state index contributed by atoms with van der Waals surface area (Å²) in [7, 11) is 0. The van der Waals surface area contributed by atoms with Crippen molar-refractivity contribution >= 4 is 17.5 Å². The zero-order valence-electron chi connectivity index (χ0n) is 10.0. The van der Waals surface area contributed by atoms with E-state index in [9.17, 15) is 9.18 Å². The molecule has 1 rings (SSSR count). The molecule has 0 fully saturated rings. The van der Waals surface area contributed by atoms with Crippen LogP contribution < -0.4 is 5.32 Å². The third-order valence-electron chi connectivity index (χ3n) is 2.30. The van der Waals surface area contributed by atoms with Crippen molar-refractivity contribution in [2.75, 3.05) is 6.54 Å². The van der Waals surface area contributed by atoms with Gasteiger partial charge in [0.05, 0.1) is 5.38 Å². The molecule has 4 heteroatoms. The van der Waals surface area contributed by atoms with Gasteiger partial charge < -0.3 is 5.32 Å². The first-order valence-corrected chi connectivity index (χ1v) is 6.10. The molecule has 1 atom stereocenters. The molecule has 0 bridgehead atoms. The summed E-state index contributed by atoms with van der Waals surface area (Å²) < 4.78 is 12.9. The molecule has 1 unspecified atom stereocenters. The summed E-state index contributed by atoms with van der Waals surface area (Å²) in [6.45, 7) is 4.54. The van der Waals surface area contributed by atoms with Crippen molar-refractivity contribution in [3.8, 4) is 0 Å². The van der Waals surface area contributed by atoms with Crippen LogP contribution in [-0.4, -0.2) is 17.8 Å². The highest BCUT2D eigenvalue weighted by Gasteiger charge is 2.10. The molecule has 0 radical (unpaired) electrons.